The molecule has 0 aliphatic carbocycles. The standard InChI is InChI=1S/C23H30O7/c1-22(2,3)20(24)29-16-14-11-10-13(26-7)12-15(14)17(19(28-9)18(16)27-8)30-21(25)23(4,5)6/h10-12H,1-9H3. The van der Waals surface area contributed by atoms with Crippen LogP contribution in [0.4, 0.5) is 0 Å². The maximum Gasteiger partial charge on any atom is 0.316 e. The summed E-state index contributed by atoms with van der Waals surface area (Å²) in [4.78, 5) is 25.3. The van der Waals surface area contributed by atoms with Crippen LogP contribution in [0.5, 0.6) is 28.7 Å². The number of carbonyl (C=O) groups excluding carboxylic acids is 2. The van der Waals surface area contributed by atoms with E-state index in [1.807, 2.05) is 0 Å². The van der Waals surface area contributed by atoms with E-state index in [4.69, 9.17) is 23.7 Å². The summed E-state index contributed by atoms with van der Waals surface area (Å²) in [6.07, 6.45) is 0. The lowest BCUT2D eigenvalue weighted by molar-refractivity contribution is -0.144. The highest BCUT2D eigenvalue weighted by molar-refractivity contribution is 6.02. The predicted molar refractivity (Wildman–Crippen MR) is 114 cm³/mol. The first kappa shape index (κ1) is 23.3. The summed E-state index contributed by atoms with van der Waals surface area (Å²) in [6.45, 7) is 10.5. The molecule has 0 spiro atoms. The van der Waals surface area contributed by atoms with Gasteiger partial charge in [-0.05, 0) is 59.7 Å². The molecule has 0 aliphatic heterocycles. The van der Waals surface area contributed by atoms with Crippen LogP contribution in [0.1, 0.15) is 41.5 Å². The van der Waals surface area contributed by atoms with Crippen molar-refractivity contribution < 1.29 is 33.3 Å². The molecule has 30 heavy (non-hydrogen) atoms. The molecule has 2 aromatic rings. The SMILES string of the molecule is COc1ccc2c(OC(=O)C(C)(C)C)c(OC)c(OC)c(OC(=O)C(C)(C)C)c2c1. The predicted octanol–water partition coefficient (Wildman–Crippen LogP) is 4.77. The summed E-state index contributed by atoms with van der Waals surface area (Å²) >= 11 is 0. The number of carbonyl (C=O) groups is 2. The molecule has 0 heterocycles. The van der Waals surface area contributed by atoms with Gasteiger partial charge in [0.15, 0.2) is 11.5 Å². The lowest BCUT2D eigenvalue weighted by Crippen LogP contribution is -2.27. The minimum Gasteiger partial charge on any atom is -0.497 e. The average molecular weight is 418 g/mol. The Morgan fingerprint density at radius 1 is 0.633 bits per heavy atom. The largest absolute Gasteiger partial charge is 0.497 e. The lowest BCUT2D eigenvalue weighted by Gasteiger charge is -2.23. The van der Waals surface area contributed by atoms with Crippen LogP contribution in [0.25, 0.3) is 10.8 Å². The third-order valence-electron chi connectivity index (χ3n) is 4.36. The van der Waals surface area contributed by atoms with Crippen LogP contribution in [-0.2, 0) is 9.59 Å². The minimum atomic E-state index is -0.749. The first-order chi connectivity index (χ1) is 13.8. The lowest BCUT2D eigenvalue weighted by atomic mass is 9.97. The van der Waals surface area contributed by atoms with E-state index in [9.17, 15) is 9.59 Å². The highest BCUT2D eigenvalue weighted by Gasteiger charge is 2.32. The summed E-state index contributed by atoms with van der Waals surface area (Å²) in [5.41, 5.74) is -1.49. The van der Waals surface area contributed by atoms with E-state index in [0.717, 1.165) is 0 Å². The molecule has 164 valence electrons. The first-order valence-corrected chi connectivity index (χ1v) is 9.55. The number of hydrogen-bond donors (Lipinski definition) is 0. The van der Waals surface area contributed by atoms with E-state index in [1.165, 1.54) is 21.3 Å². The molecule has 0 saturated heterocycles. The molecule has 7 heteroatoms. The quantitative estimate of drug-likeness (QED) is 0.511. The van der Waals surface area contributed by atoms with E-state index < -0.39 is 22.8 Å². The van der Waals surface area contributed by atoms with Gasteiger partial charge in [-0.15, -0.1) is 0 Å². The van der Waals surface area contributed by atoms with Gasteiger partial charge in [0.2, 0.25) is 11.5 Å². The van der Waals surface area contributed by atoms with Crippen molar-refractivity contribution in [2.24, 2.45) is 10.8 Å². The second-order valence-electron chi connectivity index (χ2n) is 8.92. The van der Waals surface area contributed by atoms with Gasteiger partial charge in [0.05, 0.1) is 32.2 Å². The Balaban J connectivity index is 2.87. The molecule has 0 N–H and O–H groups in total. The summed E-state index contributed by atoms with van der Waals surface area (Å²) < 4.78 is 27.9. The zero-order chi connectivity index (χ0) is 22.9. The van der Waals surface area contributed by atoms with Gasteiger partial charge >= 0.3 is 11.9 Å². The molecule has 0 aliphatic rings. The van der Waals surface area contributed by atoms with Crippen molar-refractivity contribution in [3.63, 3.8) is 0 Å². The number of hydrogen-bond acceptors (Lipinski definition) is 7. The number of rotatable bonds is 5. The Bertz CT molecular complexity index is 962. The fourth-order valence-electron chi connectivity index (χ4n) is 2.55. The van der Waals surface area contributed by atoms with E-state index in [2.05, 4.69) is 0 Å². The summed E-state index contributed by atoms with van der Waals surface area (Å²) in [7, 11) is 4.38. The fraction of sp³-hybridized carbons (Fsp3) is 0.478. The highest BCUT2D eigenvalue weighted by atomic mass is 16.6. The number of methoxy groups -OCH3 is 3. The second-order valence-corrected chi connectivity index (χ2v) is 8.92. The van der Waals surface area contributed by atoms with Crippen molar-refractivity contribution >= 4 is 22.7 Å². The Labute approximate surface area is 177 Å². The van der Waals surface area contributed by atoms with Crippen molar-refractivity contribution in [2.75, 3.05) is 21.3 Å². The third kappa shape index (κ3) is 4.61. The Morgan fingerprint density at radius 2 is 1.07 bits per heavy atom. The van der Waals surface area contributed by atoms with Crippen LogP contribution in [0.15, 0.2) is 18.2 Å². The van der Waals surface area contributed by atoms with Crippen molar-refractivity contribution in [3.05, 3.63) is 18.2 Å². The molecule has 0 unspecified atom stereocenters. The van der Waals surface area contributed by atoms with Gasteiger partial charge in [-0.2, -0.15) is 0 Å². The van der Waals surface area contributed by atoms with Gasteiger partial charge in [0.1, 0.15) is 5.75 Å². The third-order valence-corrected chi connectivity index (χ3v) is 4.36. The van der Waals surface area contributed by atoms with Crippen LogP contribution in [-0.4, -0.2) is 33.3 Å². The highest BCUT2D eigenvalue weighted by Crippen LogP contribution is 2.52. The van der Waals surface area contributed by atoms with Crippen LogP contribution >= 0.6 is 0 Å². The molecule has 7 nitrogen and oxygen atoms in total. The Kier molecular flexibility index (Phi) is 6.54. The maximum absolute atomic E-state index is 12.7. The molecule has 0 aromatic heterocycles. The number of ether oxygens (including phenoxy) is 5. The van der Waals surface area contributed by atoms with Gasteiger partial charge in [0, 0.05) is 10.8 Å². The average Bonchev–Trinajstić information content (AvgIpc) is 2.66. The summed E-state index contributed by atoms with van der Waals surface area (Å²) in [5, 5.41) is 1.00. The molecule has 0 bridgehead atoms. The van der Waals surface area contributed by atoms with Crippen LogP contribution < -0.4 is 23.7 Å². The molecule has 0 amide bonds. The van der Waals surface area contributed by atoms with Gasteiger partial charge < -0.3 is 23.7 Å². The molecular weight excluding hydrogens is 388 g/mol. The van der Waals surface area contributed by atoms with Gasteiger partial charge in [0.25, 0.3) is 0 Å². The van der Waals surface area contributed by atoms with Crippen LogP contribution in [0, 0.1) is 10.8 Å². The van der Waals surface area contributed by atoms with Crippen molar-refractivity contribution in [2.45, 2.75) is 41.5 Å². The van der Waals surface area contributed by atoms with Crippen LogP contribution in [0.2, 0.25) is 0 Å². The Hall–Kier alpha value is -2.96. The van der Waals surface area contributed by atoms with Gasteiger partial charge in [-0.3, -0.25) is 9.59 Å². The van der Waals surface area contributed by atoms with Crippen LogP contribution in [0.3, 0.4) is 0 Å². The Morgan fingerprint density at radius 3 is 1.43 bits per heavy atom. The molecule has 2 rings (SSSR count). The van der Waals surface area contributed by atoms with E-state index in [0.29, 0.717) is 16.5 Å². The number of esters is 2. The number of fused-ring (bicyclic) bond motifs is 1. The van der Waals surface area contributed by atoms with E-state index in [1.54, 1.807) is 59.7 Å². The number of benzene rings is 2. The summed E-state index contributed by atoms with van der Waals surface area (Å²) in [5.74, 6) is 0.292. The molecule has 0 radical (unpaired) electrons. The van der Waals surface area contributed by atoms with E-state index >= 15 is 0 Å². The van der Waals surface area contributed by atoms with Gasteiger partial charge in [-0.25, -0.2) is 0 Å². The maximum atomic E-state index is 12.7. The monoisotopic (exact) mass is 418 g/mol. The second kappa shape index (κ2) is 8.42. The fourth-order valence-corrected chi connectivity index (χ4v) is 2.55. The van der Waals surface area contributed by atoms with Crippen molar-refractivity contribution in [1.82, 2.24) is 0 Å². The molecule has 2 aromatic carbocycles. The zero-order valence-electron chi connectivity index (χ0n) is 19.1. The van der Waals surface area contributed by atoms with E-state index in [-0.39, 0.29) is 23.0 Å². The topological polar surface area (TPSA) is 80.3 Å². The molecule has 0 saturated carbocycles. The van der Waals surface area contributed by atoms with Crippen molar-refractivity contribution in [1.29, 1.82) is 0 Å². The normalized spacial score (nSPS) is 11.8. The minimum absolute atomic E-state index is 0.146. The first-order valence-electron chi connectivity index (χ1n) is 9.55. The molecule has 0 atom stereocenters. The zero-order valence-corrected chi connectivity index (χ0v) is 19.1. The molecule has 0 fully saturated rings. The summed E-state index contributed by atoms with van der Waals surface area (Å²) in [6, 6.07) is 5.13. The smallest absolute Gasteiger partial charge is 0.316 e. The van der Waals surface area contributed by atoms with Crippen molar-refractivity contribution in [3.8, 4) is 28.7 Å². The van der Waals surface area contributed by atoms with Gasteiger partial charge in [-0.1, -0.05) is 0 Å². The molecular formula is C23H30O7.